The Morgan fingerprint density at radius 3 is 1.48 bits per heavy atom. The van der Waals surface area contributed by atoms with Crippen LogP contribution < -0.4 is 0 Å². The van der Waals surface area contributed by atoms with E-state index in [1.165, 1.54) is 0 Å². The first-order valence-electron chi connectivity index (χ1n) is 31.6. The van der Waals surface area contributed by atoms with Gasteiger partial charge in [0.1, 0.15) is 127 Å². The van der Waals surface area contributed by atoms with E-state index in [1.807, 2.05) is 13.8 Å². The van der Waals surface area contributed by atoms with Gasteiger partial charge in [-0.3, -0.25) is 9.59 Å². The van der Waals surface area contributed by atoms with Crippen molar-refractivity contribution >= 4 is 11.9 Å². The number of carbonyl (C=O) groups excluding carboxylic acids is 2. The predicted molar refractivity (Wildman–Crippen MR) is 298 cm³/mol. The number of esters is 2. The first-order valence-corrected chi connectivity index (χ1v) is 31.6. The van der Waals surface area contributed by atoms with Crippen molar-refractivity contribution < 1.29 is 154 Å². The number of aliphatic hydroxyl groups is 19. The second-order valence-corrected chi connectivity index (χ2v) is 29.0. The summed E-state index contributed by atoms with van der Waals surface area (Å²) < 4.78 is 58.4. The fraction of sp³-hybridized carbons (Fsp3) is 0.933. The molecule has 522 valence electrons. The van der Waals surface area contributed by atoms with Crippen molar-refractivity contribution in [3.63, 3.8) is 0 Å². The van der Waals surface area contributed by atoms with E-state index in [0.717, 1.165) is 5.57 Å². The van der Waals surface area contributed by atoms with Crippen LogP contribution in [0.4, 0.5) is 0 Å². The minimum atomic E-state index is -2.22. The third-order valence-electron chi connectivity index (χ3n) is 23.6. The largest absolute Gasteiger partial charge is 0.432 e. The Hall–Kier alpha value is -2.40. The molecule has 4 saturated carbocycles. The van der Waals surface area contributed by atoms with E-state index in [9.17, 15) is 102 Å². The van der Waals surface area contributed by atoms with Gasteiger partial charge in [0, 0.05) is 0 Å². The van der Waals surface area contributed by atoms with Gasteiger partial charge < -0.3 is 144 Å². The number of rotatable bonds is 15. The number of ether oxygens (including phenoxy) is 10. The van der Waals surface area contributed by atoms with Crippen LogP contribution in [0, 0.1) is 50.2 Å². The van der Waals surface area contributed by atoms with E-state index in [-0.39, 0.29) is 25.2 Å². The molecule has 10 aliphatic rings. The minimum absolute atomic E-state index is 0.00683. The van der Waals surface area contributed by atoms with E-state index in [2.05, 4.69) is 26.8 Å². The fourth-order valence-electron chi connectivity index (χ4n) is 17.8. The molecule has 0 bridgehead atoms. The Bertz CT molecular complexity index is 2580. The summed E-state index contributed by atoms with van der Waals surface area (Å²) in [7, 11) is 0. The highest BCUT2D eigenvalue weighted by Gasteiger charge is 2.73. The second kappa shape index (κ2) is 26.5. The van der Waals surface area contributed by atoms with Gasteiger partial charge in [-0.05, 0) is 104 Å². The van der Waals surface area contributed by atoms with Crippen molar-refractivity contribution in [2.45, 2.75) is 265 Å². The molecule has 31 nitrogen and oxygen atoms in total. The van der Waals surface area contributed by atoms with Gasteiger partial charge in [-0.25, -0.2) is 0 Å². The molecule has 19 N–H and O–H groups in total. The van der Waals surface area contributed by atoms with Crippen LogP contribution in [0.1, 0.15) is 99.3 Å². The van der Waals surface area contributed by atoms with E-state index in [1.54, 1.807) is 6.92 Å². The molecule has 5 aliphatic heterocycles. The summed E-state index contributed by atoms with van der Waals surface area (Å²) >= 11 is 0. The molecule has 0 amide bonds. The maximum absolute atomic E-state index is 15.7. The highest BCUT2D eigenvalue weighted by atomic mass is 16.8. The third-order valence-corrected chi connectivity index (χ3v) is 23.6. The Kier molecular flexibility index (Phi) is 20.7. The van der Waals surface area contributed by atoms with Gasteiger partial charge in [-0.1, -0.05) is 46.3 Å². The van der Waals surface area contributed by atoms with E-state index >= 15 is 4.79 Å². The van der Waals surface area contributed by atoms with Crippen LogP contribution in [-0.2, 0) is 57.0 Å². The normalized spacial score (nSPS) is 54.0. The van der Waals surface area contributed by atoms with Crippen LogP contribution in [0.15, 0.2) is 11.6 Å². The maximum atomic E-state index is 15.7. The Balaban J connectivity index is 0.942. The van der Waals surface area contributed by atoms with Crippen LogP contribution in [-0.4, -0.2) is 308 Å². The molecule has 91 heavy (non-hydrogen) atoms. The molecule has 0 radical (unpaired) electrons. The molecular weight excluding hydrogens is 1220 g/mol. The van der Waals surface area contributed by atoms with Crippen LogP contribution >= 0.6 is 0 Å². The zero-order chi connectivity index (χ0) is 66.7. The van der Waals surface area contributed by atoms with Gasteiger partial charge in [0.25, 0.3) is 0 Å². The van der Waals surface area contributed by atoms with Crippen molar-refractivity contribution in [3.8, 4) is 0 Å². The van der Waals surface area contributed by atoms with Crippen LogP contribution in [0.5, 0.6) is 0 Å². The zero-order valence-electron chi connectivity index (χ0n) is 51.7. The summed E-state index contributed by atoms with van der Waals surface area (Å²) in [6.45, 7) is 7.61. The molecule has 5 aliphatic carbocycles. The molecule has 35 atom stereocenters. The van der Waals surface area contributed by atoms with E-state index < -0.39 is 255 Å². The third kappa shape index (κ3) is 11.8. The summed E-state index contributed by atoms with van der Waals surface area (Å²) in [6, 6.07) is 0. The number of hydrogen-bond donors (Lipinski definition) is 19. The fourth-order valence-corrected chi connectivity index (χ4v) is 17.8. The van der Waals surface area contributed by atoms with Crippen LogP contribution in [0.2, 0.25) is 0 Å². The summed E-state index contributed by atoms with van der Waals surface area (Å²) in [5.41, 5.74) is -5.09. The lowest BCUT2D eigenvalue weighted by Gasteiger charge is -2.71. The molecule has 0 spiro atoms. The van der Waals surface area contributed by atoms with Gasteiger partial charge in [0.05, 0.1) is 50.7 Å². The second-order valence-electron chi connectivity index (χ2n) is 29.0. The molecule has 0 aromatic heterocycles. The van der Waals surface area contributed by atoms with E-state index in [4.69, 9.17) is 47.4 Å². The highest BCUT2D eigenvalue weighted by Crippen LogP contribution is 2.76. The average Bonchev–Trinajstić information content (AvgIpc) is 0.672. The number of allylic oxidation sites excluding steroid dienone is 2. The van der Waals surface area contributed by atoms with Crippen molar-refractivity contribution in [3.05, 3.63) is 11.6 Å². The van der Waals surface area contributed by atoms with Crippen molar-refractivity contribution in [1.82, 2.24) is 0 Å². The van der Waals surface area contributed by atoms with Gasteiger partial charge in [0.15, 0.2) is 18.9 Å². The van der Waals surface area contributed by atoms with E-state index in [0.29, 0.717) is 38.5 Å². The monoisotopic (exact) mass is 1310 g/mol. The minimum Gasteiger partial charge on any atom is -0.432 e. The first kappa shape index (κ1) is 71.4. The van der Waals surface area contributed by atoms with Crippen molar-refractivity contribution in [2.75, 3.05) is 33.0 Å². The van der Waals surface area contributed by atoms with Gasteiger partial charge in [-0.15, -0.1) is 0 Å². The summed E-state index contributed by atoms with van der Waals surface area (Å²) in [6.07, 6.45) is -44.9. The van der Waals surface area contributed by atoms with Gasteiger partial charge in [0.2, 0.25) is 12.6 Å². The van der Waals surface area contributed by atoms with Crippen molar-refractivity contribution in [1.29, 1.82) is 0 Å². The lowest BCUT2D eigenvalue weighted by Crippen LogP contribution is -2.69. The molecule has 9 fully saturated rings. The smallest absolute Gasteiger partial charge is 0.317 e. The zero-order valence-corrected chi connectivity index (χ0v) is 51.7. The first-order chi connectivity index (χ1) is 42.6. The van der Waals surface area contributed by atoms with Crippen molar-refractivity contribution in [2.24, 2.45) is 50.2 Å². The van der Waals surface area contributed by atoms with Gasteiger partial charge >= 0.3 is 11.9 Å². The molecule has 0 aromatic rings. The Morgan fingerprint density at radius 1 is 0.462 bits per heavy atom. The molecule has 31 heteroatoms. The molecule has 0 unspecified atom stereocenters. The maximum Gasteiger partial charge on any atom is 0.317 e. The highest BCUT2D eigenvalue weighted by molar-refractivity contribution is 5.80. The molecular formula is C60H96O31. The predicted octanol–water partition coefficient (Wildman–Crippen LogP) is -6.74. The number of hydrogen-bond acceptors (Lipinski definition) is 31. The number of fused-ring (bicyclic) bond motifs is 7. The quantitative estimate of drug-likeness (QED) is 0.0535. The lowest BCUT2D eigenvalue weighted by molar-refractivity contribution is -0.378. The SMILES string of the molecule is CC1(C)CC[C@]2(C(=O)O[C@@H]3O[C@H](CO[C@@H]4O[C@H](CO)[C@@H](O)[C@H](O)[C@H]4O[C@@H]4O[C@H](CO)[C@@H](O)[C@H](O)[C@H]4O)[C@@H](O)[C@H](O[C@@H]4O[C@H](CO)[C@@H](O)[C@H](O)[C@H]4O)[C@H]3O)[C@H](O)C[C@]3(C)C(=CC[C@@H]4[C@@]5(C)CC[C@H](O)[C@@](C)(C(=O)O[C@@H]6O[C@H](CO)[C@@H](O)[C@H](O)[C@H]6O)[C@@H]5CC[C@]43C)[C@@H]2C1. The Labute approximate surface area is 524 Å². The summed E-state index contributed by atoms with van der Waals surface area (Å²) in [5.74, 6) is -3.41. The molecule has 0 aromatic carbocycles. The number of aliphatic hydroxyl groups excluding tert-OH is 19. The number of carbonyl (C=O) groups is 2. The van der Waals surface area contributed by atoms with Crippen LogP contribution in [0.3, 0.4) is 0 Å². The van der Waals surface area contributed by atoms with Gasteiger partial charge in [-0.2, -0.15) is 0 Å². The molecule has 10 rings (SSSR count). The average molecular weight is 1310 g/mol. The molecule has 5 heterocycles. The summed E-state index contributed by atoms with van der Waals surface area (Å²) in [4.78, 5) is 30.4. The summed E-state index contributed by atoms with van der Waals surface area (Å²) in [5, 5.41) is 208. The Morgan fingerprint density at radius 2 is 0.934 bits per heavy atom. The topological polar surface area (TPSA) is 511 Å². The van der Waals surface area contributed by atoms with Crippen LogP contribution in [0.25, 0.3) is 0 Å². The molecule has 5 saturated heterocycles. The standard InChI is InChI=1S/C60H96O31/c1-55(2)13-14-60(23(15-55)22-7-8-29-56(3)11-10-31(65)59(6,30(56)9-12-57(29,4)58(22,5)16-32(60)66)53(80)90-50-44(78)40(74)35(69)26(19-63)85-50)54(81)91-51-45(79)46(88-48-42(76)38(72)33(67)24(17-61)83-48)37(71)28(87-51)21-82-52-47(41(75)36(70)27(20-64)86-52)89-49-43(77)39(73)34(68)25(18-62)84-49/h7,23-52,61-79H,8-21H2,1-6H3/t23-,24+,25+,26+,27+,28+,29+,30+,31-,32+,33+,34+,35+,36+,37+,38-,39-,40-,41-,42+,43+,44+,45+,46-,47+,48-,49-,50-,51-,52+,56+,57+,58+,59-,60+/m0/s1. The lowest BCUT2D eigenvalue weighted by atomic mass is 9.33.